The van der Waals surface area contributed by atoms with Crippen LogP contribution in [0.25, 0.3) is 0 Å². The van der Waals surface area contributed by atoms with Gasteiger partial charge in [-0.3, -0.25) is 4.79 Å². The van der Waals surface area contributed by atoms with Crippen molar-refractivity contribution in [1.82, 2.24) is 5.43 Å². The quantitative estimate of drug-likeness (QED) is 0.415. The smallest absolute Gasteiger partial charge is 0.271 e. The van der Waals surface area contributed by atoms with Crippen molar-refractivity contribution in [3.8, 4) is 17.2 Å². The van der Waals surface area contributed by atoms with Gasteiger partial charge in [0.25, 0.3) is 5.91 Å². The molecule has 0 spiro atoms. The Morgan fingerprint density at radius 2 is 1.86 bits per heavy atom. The molecule has 0 saturated carbocycles. The highest BCUT2D eigenvalue weighted by Gasteiger charge is 2.08. The van der Waals surface area contributed by atoms with Gasteiger partial charge in [0.2, 0.25) is 0 Å². The summed E-state index contributed by atoms with van der Waals surface area (Å²) in [6.07, 6.45) is 1.41. The van der Waals surface area contributed by atoms with Crippen molar-refractivity contribution in [3.63, 3.8) is 0 Å². The lowest BCUT2D eigenvalue weighted by Gasteiger charge is -2.10. The minimum atomic E-state index is -0.586. The number of amides is 1. The van der Waals surface area contributed by atoms with Crippen LogP contribution in [-0.4, -0.2) is 22.3 Å². The molecule has 0 bridgehead atoms. The van der Waals surface area contributed by atoms with E-state index in [9.17, 15) is 15.0 Å². The van der Waals surface area contributed by atoms with E-state index in [0.29, 0.717) is 22.9 Å². The van der Waals surface area contributed by atoms with Crippen molar-refractivity contribution in [1.29, 1.82) is 0 Å². The van der Waals surface area contributed by atoms with Gasteiger partial charge in [-0.15, -0.1) is 0 Å². The Balaban J connectivity index is 1.71. The van der Waals surface area contributed by atoms with Crippen molar-refractivity contribution in [3.05, 3.63) is 87.9 Å². The van der Waals surface area contributed by atoms with Gasteiger partial charge in [-0.2, -0.15) is 5.10 Å². The topological polar surface area (TPSA) is 91.2 Å². The highest BCUT2D eigenvalue weighted by Crippen LogP contribution is 2.23. The number of aromatic hydroxyl groups is 2. The summed E-state index contributed by atoms with van der Waals surface area (Å²) in [7, 11) is 0. The molecule has 0 aliphatic rings. The fourth-order valence-corrected chi connectivity index (χ4v) is 2.85. The van der Waals surface area contributed by atoms with Gasteiger partial charge in [0, 0.05) is 22.2 Å². The molecule has 0 aliphatic carbocycles. The summed E-state index contributed by atoms with van der Waals surface area (Å²) >= 11 is 6.07. The SMILES string of the molecule is Cc1cccc(COc2ccc(Cl)cc2/C=N/NC(=O)c2cc(O)cc(O)c2)c1. The Bertz CT molecular complexity index is 1050. The number of nitrogens with one attached hydrogen (secondary N) is 1. The van der Waals surface area contributed by atoms with Gasteiger partial charge < -0.3 is 14.9 Å². The highest BCUT2D eigenvalue weighted by atomic mass is 35.5. The molecule has 7 heteroatoms. The first kappa shape index (κ1) is 20.2. The highest BCUT2D eigenvalue weighted by molar-refractivity contribution is 6.30. The first-order valence-corrected chi connectivity index (χ1v) is 9.13. The van der Waals surface area contributed by atoms with Crippen LogP contribution in [0.4, 0.5) is 0 Å². The maximum atomic E-state index is 12.1. The largest absolute Gasteiger partial charge is 0.508 e. The van der Waals surface area contributed by atoms with Crippen LogP contribution in [0.1, 0.15) is 27.0 Å². The molecule has 6 nitrogen and oxygen atoms in total. The van der Waals surface area contributed by atoms with E-state index in [2.05, 4.69) is 10.5 Å². The van der Waals surface area contributed by atoms with Crippen molar-refractivity contribution in [2.45, 2.75) is 13.5 Å². The molecular formula is C22H19ClN2O4. The van der Waals surface area contributed by atoms with Gasteiger partial charge >= 0.3 is 0 Å². The molecule has 3 aromatic rings. The number of phenolic OH excluding ortho intramolecular Hbond substituents is 2. The minimum absolute atomic E-state index is 0.0710. The maximum absolute atomic E-state index is 12.1. The predicted molar refractivity (Wildman–Crippen MR) is 112 cm³/mol. The fourth-order valence-electron chi connectivity index (χ4n) is 2.67. The van der Waals surface area contributed by atoms with Gasteiger partial charge in [0.15, 0.2) is 0 Å². The van der Waals surface area contributed by atoms with Crippen LogP contribution in [0.15, 0.2) is 65.8 Å². The Hall–Kier alpha value is -3.51. The third kappa shape index (κ3) is 5.73. The van der Waals surface area contributed by atoms with Crippen LogP contribution in [-0.2, 0) is 6.61 Å². The summed E-state index contributed by atoms with van der Waals surface area (Å²) < 4.78 is 5.88. The summed E-state index contributed by atoms with van der Waals surface area (Å²) in [5.41, 5.74) is 5.17. The number of carbonyl (C=O) groups excluding carboxylic acids is 1. The van der Waals surface area contributed by atoms with Crippen LogP contribution in [0, 0.1) is 6.92 Å². The lowest BCUT2D eigenvalue weighted by Crippen LogP contribution is -2.17. The fraction of sp³-hybridized carbons (Fsp3) is 0.0909. The molecule has 0 fully saturated rings. The van der Waals surface area contributed by atoms with Crippen LogP contribution in [0.2, 0.25) is 5.02 Å². The number of carbonyl (C=O) groups is 1. The van der Waals surface area contributed by atoms with E-state index < -0.39 is 5.91 Å². The van der Waals surface area contributed by atoms with Gasteiger partial charge in [-0.25, -0.2) is 5.43 Å². The summed E-state index contributed by atoms with van der Waals surface area (Å²) in [4.78, 5) is 12.1. The van der Waals surface area contributed by atoms with Crippen molar-refractivity contribution >= 4 is 23.7 Å². The van der Waals surface area contributed by atoms with Crippen LogP contribution < -0.4 is 10.2 Å². The summed E-state index contributed by atoms with van der Waals surface area (Å²) in [6, 6.07) is 16.7. The average Bonchev–Trinajstić information content (AvgIpc) is 2.66. The maximum Gasteiger partial charge on any atom is 0.271 e. The third-order valence-electron chi connectivity index (χ3n) is 3.98. The van der Waals surface area contributed by atoms with Crippen molar-refractivity contribution < 1.29 is 19.7 Å². The first-order chi connectivity index (χ1) is 13.9. The van der Waals surface area contributed by atoms with E-state index in [1.807, 2.05) is 31.2 Å². The predicted octanol–water partition coefficient (Wildman–Crippen LogP) is 4.40. The normalized spacial score (nSPS) is 10.8. The first-order valence-electron chi connectivity index (χ1n) is 8.75. The lowest BCUT2D eigenvalue weighted by atomic mass is 10.1. The van der Waals surface area contributed by atoms with E-state index in [-0.39, 0.29) is 17.1 Å². The van der Waals surface area contributed by atoms with E-state index in [4.69, 9.17) is 16.3 Å². The monoisotopic (exact) mass is 410 g/mol. The standard InChI is InChI=1S/C22H19ClN2O4/c1-14-3-2-4-15(7-14)13-29-21-6-5-18(23)8-17(21)12-24-25-22(28)16-9-19(26)11-20(27)10-16/h2-12,26-27H,13H2,1H3,(H,25,28)/b24-12+. The van der Waals surface area contributed by atoms with E-state index in [1.165, 1.54) is 18.3 Å². The zero-order valence-corrected chi connectivity index (χ0v) is 16.3. The second-order valence-corrected chi connectivity index (χ2v) is 6.83. The van der Waals surface area contributed by atoms with Gasteiger partial charge in [-0.05, 0) is 42.8 Å². The molecule has 148 valence electrons. The van der Waals surface area contributed by atoms with Crippen molar-refractivity contribution in [2.24, 2.45) is 5.10 Å². The van der Waals surface area contributed by atoms with Gasteiger partial charge in [-0.1, -0.05) is 41.4 Å². The number of ether oxygens (including phenoxy) is 1. The molecule has 0 aromatic heterocycles. The van der Waals surface area contributed by atoms with Crippen LogP contribution in [0.5, 0.6) is 17.2 Å². The molecule has 3 N–H and O–H groups in total. The van der Waals surface area contributed by atoms with Crippen LogP contribution >= 0.6 is 11.6 Å². The number of aryl methyl sites for hydroxylation is 1. The molecule has 29 heavy (non-hydrogen) atoms. The van der Waals surface area contributed by atoms with E-state index in [0.717, 1.165) is 17.2 Å². The third-order valence-corrected chi connectivity index (χ3v) is 4.22. The molecule has 0 unspecified atom stereocenters. The molecule has 3 rings (SSSR count). The van der Waals surface area contributed by atoms with E-state index in [1.54, 1.807) is 18.2 Å². The summed E-state index contributed by atoms with van der Waals surface area (Å²) in [5, 5.41) is 23.4. The lowest BCUT2D eigenvalue weighted by molar-refractivity contribution is 0.0954. The molecule has 1 amide bonds. The number of rotatable bonds is 6. The molecule has 0 saturated heterocycles. The Morgan fingerprint density at radius 3 is 2.59 bits per heavy atom. The molecule has 0 aliphatic heterocycles. The number of hydrogen-bond acceptors (Lipinski definition) is 5. The number of benzene rings is 3. The second-order valence-electron chi connectivity index (χ2n) is 6.40. The zero-order valence-electron chi connectivity index (χ0n) is 15.6. The number of hydrogen-bond donors (Lipinski definition) is 3. The van der Waals surface area contributed by atoms with Crippen molar-refractivity contribution in [2.75, 3.05) is 0 Å². The van der Waals surface area contributed by atoms with Crippen LogP contribution in [0.3, 0.4) is 0 Å². The Labute approximate surface area is 173 Å². The number of nitrogens with zero attached hydrogens (tertiary/aromatic N) is 1. The van der Waals surface area contributed by atoms with Gasteiger partial charge in [0.05, 0.1) is 6.21 Å². The van der Waals surface area contributed by atoms with E-state index >= 15 is 0 Å². The second kappa shape index (κ2) is 9.12. The summed E-state index contributed by atoms with van der Waals surface area (Å²) in [6.45, 7) is 2.39. The number of hydrazone groups is 1. The average molecular weight is 411 g/mol. The minimum Gasteiger partial charge on any atom is -0.508 e. The molecular weight excluding hydrogens is 392 g/mol. The number of phenols is 2. The summed E-state index contributed by atoms with van der Waals surface area (Å²) in [5.74, 6) is -0.470. The molecule has 0 heterocycles. The zero-order chi connectivity index (χ0) is 20.8. The molecule has 3 aromatic carbocycles. The Kier molecular flexibility index (Phi) is 6.36. The van der Waals surface area contributed by atoms with Gasteiger partial charge in [0.1, 0.15) is 23.9 Å². The number of halogens is 1. The molecule has 0 atom stereocenters. The molecule has 0 radical (unpaired) electrons. The Morgan fingerprint density at radius 1 is 1.10 bits per heavy atom.